The van der Waals surface area contributed by atoms with Gasteiger partial charge in [-0.05, 0) is 6.92 Å². The highest BCUT2D eigenvalue weighted by Crippen LogP contribution is 2.15. The van der Waals surface area contributed by atoms with Crippen LogP contribution in [0.25, 0.3) is 5.83 Å². The molecule has 1 N–H and O–H groups in total. The normalized spacial score (nSPS) is 12.6. The third-order valence-corrected chi connectivity index (χ3v) is 2.27. The minimum absolute atomic E-state index is 0.344. The maximum Gasteiger partial charge on any atom is 0.229 e. The van der Waals surface area contributed by atoms with Crippen LogP contribution in [0.5, 0.6) is 0 Å². The molecule has 0 aliphatic heterocycles. The molecule has 82 valence electrons. The van der Waals surface area contributed by atoms with Crippen LogP contribution < -0.4 is 4.72 Å². The second-order valence-corrected chi connectivity index (χ2v) is 5.03. The maximum absolute atomic E-state index is 13.3. The Kier molecular flexibility index (Phi) is 3.47. The van der Waals surface area contributed by atoms with E-state index in [1.807, 2.05) is 11.6 Å². The van der Waals surface area contributed by atoms with E-state index >= 15 is 0 Å². The lowest BCUT2D eigenvalue weighted by atomic mass is 10.1. The summed E-state index contributed by atoms with van der Waals surface area (Å²) in [5.41, 5.74) is 1.36. The van der Waals surface area contributed by atoms with Gasteiger partial charge in [-0.3, -0.25) is 4.72 Å². The van der Waals surface area contributed by atoms with Crippen molar-refractivity contribution in [3.8, 4) is 0 Å². The van der Waals surface area contributed by atoms with Crippen LogP contribution in [0.4, 0.5) is 4.39 Å². The molecule has 1 aromatic rings. The number of rotatable bonds is 3. The number of sulfonamides is 1. The molecule has 15 heavy (non-hydrogen) atoms. The number of hydrogen-bond donors (Lipinski definition) is 1. The molecular weight excluding hydrogens is 217 g/mol. The van der Waals surface area contributed by atoms with Crippen molar-refractivity contribution in [2.24, 2.45) is 0 Å². The highest BCUT2D eigenvalue weighted by atomic mass is 32.2. The first-order valence-electron chi connectivity index (χ1n) is 4.28. The Bertz CT molecular complexity index is 463. The second-order valence-electron chi connectivity index (χ2n) is 3.25. The largest absolute Gasteiger partial charge is 0.288 e. The number of aryl methyl sites for hydroxylation is 1. The molecule has 0 amide bonds. The standard InChI is InChI=1S/C10H12FNO2S/c1-8-3-5-9(6-4-8)10(11)7-12-15(2,13)14/h3-7,12H,1-2H3/b10-7+. The molecule has 0 unspecified atom stereocenters. The van der Waals surface area contributed by atoms with Crippen LogP contribution >= 0.6 is 0 Å². The molecule has 0 fully saturated rings. The average Bonchev–Trinajstić information content (AvgIpc) is 2.14. The van der Waals surface area contributed by atoms with Crippen LogP contribution in [0.3, 0.4) is 0 Å². The predicted octanol–water partition coefficient (Wildman–Crippen LogP) is 1.81. The lowest BCUT2D eigenvalue weighted by Crippen LogP contribution is -2.15. The zero-order valence-electron chi connectivity index (χ0n) is 8.49. The van der Waals surface area contributed by atoms with Gasteiger partial charge in [0.05, 0.1) is 6.26 Å². The molecule has 0 spiro atoms. The minimum atomic E-state index is -3.40. The van der Waals surface area contributed by atoms with E-state index in [1.165, 1.54) is 0 Å². The van der Waals surface area contributed by atoms with Crippen molar-refractivity contribution in [1.29, 1.82) is 0 Å². The first kappa shape index (κ1) is 11.7. The Morgan fingerprint density at radius 2 is 1.87 bits per heavy atom. The van der Waals surface area contributed by atoms with E-state index in [1.54, 1.807) is 24.3 Å². The van der Waals surface area contributed by atoms with Crippen LogP contribution in [-0.4, -0.2) is 14.7 Å². The van der Waals surface area contributed by atoms with E-state index in [4.69, 9.17) is 0 Å². The summed E-state index contributed by atoms with van der Waals surface area (Å²) in [7, 11) is -3.40. The molecule has 0 aliphatic rings. The van der Waals surface area contributed by atoms with Gasteiger partial charge >= 0.3 is 0 Å². The Labute approximate surface area is 88.7 Å². The summed E-state index contributed by atoms with van der Waals surface area (Å²) in [4.78, 5) is 0. The fraction of sp³-hybridized carbons (Fsp3) is 0.200. The van der Waals surface area contributed by atoms with Gasteiger partial charge in [-0.15, -0.1) is 0 Å². The van der Waals surface area contributed by atoms with Crippen molar-refractivity contribution >= 4 is 15.9 Å². The van der Waals surface area contributed by atoms with Gasteiger partial charge in [0, 0.05) is 11.8 Å². The van der Waals surface area contributed by atoms with Crippen molar-refractivity contribution in [1.82, 2.24) is 4.72 Å². The Morgan fingerprint density at radius 1 is 1.33 bits per heavy atom. The molecule has 3 nitrogen and oxygen atoms in total. The number of hydrogen-bond acceptors (Lipinski definition) is 2. The molecule has 0 saturated heterocycles. The number of halogens is 1. The first-order valence-corrected chi connectivity index (χ1v) is 6.17. The van der Waals surface area contributed by atoms with E-state index < -0.39 is 15.9 Å². The van der Waals surface area contributed by atoms with Crippen LogP contribution in [-0.2, 0) is 10.0 Å². The summed E-state index contributed by atoms with van der Waals surface area (Å²) in [6, 6.07) is 6.68. The number of benzene rings is 1. The predicted molar refractivity (Wildman–Crippen MR) is 58.2 cm³/mol. The lowest BCUT2D eigenvalue weighted by Gasteiger charge is -2.00. The molecular formula is C10H12FNO2S. The maximum atomic E-state index is 13.3. The molecule has 1 rings (SSSR count). The first-order chi connectivity index (χ1) is 6.88. The second kappa shape index (κ2) is 4.44. The summed E-state index contributed by atoms with van der Waals surface area (Å²) < 4.78 is 36.7. The van der Waals surface area contributed by atoms with Crippen LogP contribution in [0.1, 0.15) is 11.1 Å². The van der Waals surface area contributed by atoms with E-state index in [9.17, 15) is 12.8 Å². The van der Waals surface area contributed by atoms with Crippen LogP contribution in [0.15, 0.2) is 30.5 Å². The van der Waals surface area contributed by atoms with Crippen molar-refractivity contribution in [3.63, 3.8) is 0 Å². The van der Waals surface area contributed by atoms with Gasteiger partial charge in [-0.2, -0.15) is 0 Å². The van der Waals surface area contributed by atoms with Crippen molar-refractivity contribution in [3.05, 3.63) is 41.6 Å². The lowest BCUT2D eigenvalue weighted by molar-refractivity contribution is 0.596. The van der Waals surface area contributed by atoms with Crippen molar-refractivity contribution in [2.45, 2.75) is 6.92 Å². The van der Waals surface area contributed by atoms with Crippen LogP contribution in [0, 0.1) is 6.92 Å². The van der Waals surface area contributed by atoms with E-state index in [0.717, 1.165) is 18.0 Å². The summed E-state index contributed by atoms with van der Waals surface area (Å²) >= 11 is 0. The molecule has 0 saturated carbocycles. The topological polar surface area (TPSA) is 46.2 Å². The highest BCUT2D eigenvalue weighted by molar-refractivity contribution is 7.88. The SMILES string of the molecule is Cc1ccc(/C(F)=C\NS(C)(=O)=O)cc1. The highest BCUT2D eigenvalue weighted by Gasteiger charge is 2.01. The van der Waals surface area contributed by atoms with Gasteiger partial charge in [0.15, 0.2) is 0 Å². The molecule has 0 aromatic heterocycles. The number of nitrogens with one attached hydrogen (secondary N) is 1. The Hall–Kier alpha value is -1.36. The van der Waals surface area contributed by atoms with E-state index in [-0.39, 0.29) is 0 Å². The molecule has 0 radical (unpaired) electrons. The van der Waals surface area contributed by atoms with Gasteiger partial charge in [0.25, 0.3) is 0 Å². The van der Waals surface area contributed by atoms with Gasteiger partial charge in [0.2, 0.25) is 10.0 Å². The Balaban J connectivity index is 2.85. The third-order valence-electron chi connectivity index (χ3n) is 1.73. The molecule has 0 aliphatic carbocycles. The van der Waals surface area contributed by atoms with Gasteiger partial charge in [0.1, 0.15) is 5.83 Å². The molecule has 0 heterocycles. The monoisotopic (exact) mass is 229 g/mol. The summed E-state index contributed by atoms with van der Waals surface area (Å²) in [6.45, 7) is 1.89. The van der Waals surface area contributed by atoms with E-state index in [0.29, 0.717) is 5.56 Å². The molecule has 1 aromatic carbocycles. The smallest absolute Gasteiger partial charge is 0.229 e. The van der Waals surface area contributed by atoms with Crippen molar-refractivity contribution in [2.75, 3.05) is 6.26 Å². The van der Waals surface area contributed by atoms with Gasteiger partial charge in [-0.25, -0.2) is 12.8 Å². The molecule has 0 bridgehead atoms. The van der Waals surface area contributed by atoms with Crippen LogP contribution in [0.2, 0.25) is 0 Å². The average molecular weight is 229 g/mol. The zero-order valence-corrected chi connectivity index (χ0v) is 9.31. The summed E-state index contributed by atoms with van der Waals surface area (Å²) in [5.74, 6) is -0.611. The minimum Gasteiger partial charge on any atom is -0.288 e. The Morgan fingerprint density at radius 3 is 2.33 bits per heavy atom. The zero-order chi connectivity index (χ0) is 11.5. The molecule has 0 atom stereocenters. The van der Waals surface area contributed by atoms with Gasteiger partial charge in [-0.1, -0.05) is 29.8 Å². The van der Waals surface area contributed by atoms with E-state index in [2.05, 4.69) is 0 Å². The fourth-order valence-corrected chi connectivity index (χ4v) is 1.27. The van der Waals surface area contributed by atoms with Crippen molar-refractivity contribution < 1.29 is 12.8 Å². The fourth-order valence-electron chi connectivity index (χ4n) is 0.955. The third kappa shape index (κ3) is 4.12. The molecule has 5 heteroatoms. The quantitative estimate of drug-likeness (QED) is 0.859. The van der Waals surface area contributed by atoms with Gasteiger partial charge < -0.3 is 0 Å². The summed E-state index contributed by atoms with van der Waals surface area (Å²) in [6.07, 6.45) is 1.80. The summed E-state index contributed by atoms with van der Waals surface area (Å²) in [5, 5.41) is 0.